The van der Waals surface area contributed by atoms with Crippen molar-refractivity contribution >= 4 is 11.3 Å². The molecule has 2 aromatic rings. The van der Waals surface area contributed by atoms with E-state index in [9.17, 15) is 0 Å². The molecule has 142 valence electrons. The third-order valence-corrected chi connectivity index (χ3v) is 6.65. The molecule has 3 heterocycles. The van der Waals surface area contributed by atoms with Gasteiger partial charge in [-0.05, 0) is 87.0 Å². The van der Waals surface area contributed by atoms with Crippen LogP contribution in [0.3, 0.4) is 0 Å². The van der Waals surface area contributed by atoms with E-state index >= 15 is 0 Å². The van der Waals surface area contributed by atoms with Crippen LogP contribution in [0, 0.1) is 26.2 Å². The van der Waals surface area contributed by atoms with Gasteiger partial charge in [-0.2, -0.15) is 11.3 Å². The Kier molecular flexibility index (Phi) is 6.49. The monoisotopic (exact) mass is 372 g/mol. The van der Waals surface area contributed by atoms with Gasteiger partial charge in [0.1, 0.15) is 0 Å². The number of ether oxygens (including phenoxy) is 1. The Morgan fingerprint density at radius 1 is 1.19 bits per heavy atom. The van der Waals surface area contributed by atoms with Crippen LogP contribution < -0.4 is 0 Å². The molecule has 0 spiro atoms. The number of nitrogens with zero attached hydrogens (tertiary/aromatic N) is 2. The first-order valence-electron chi connectivity index (χ1n) is 9.76. The Hall–Kier alpha value is -1.23. The van der Waals surface area contributed by atoms with Crippen LogP contribution in [0.1, 0.15) is 47.8 Å². The summed E-state index contributed by atoms with van der Waals surface area (Å²) in [6, 6.07) is 4.38. The molecule has 3 nitrogen and oxygen atoms in total. The standard InChI is InChI=1S/C22H32N2OS/c1-5-25-16-22(9-8-21-14-26-13-17(21)2)10-11-24(15-22)12-20-7-6-18(3)23-19(20)4/h6-7,13-14H,5,8-12,15-16H2,1-4H3/t22-/m1/s1. The van der Waals surface area contributed by atoms with Crippen molar-refractivity contribution in [3.05, 3.63) is 51.0 Å². The molecule has 0 aliphatic carbocycles. The number of thiophene rings is 1. The molecule has 2 aromatic heterocycles. The predicted molar refractivity (Wildman–Crippen MR) is 110 cm³/mol. The molecule has 4 heteroatoms. The zero-order valence-corrected chi connectivity index (χ0v) is 17.5. The van der Waals surface area contributed by atoms with Gasteiger partial charge in [0.25, 0.3) is 0 Å². The fraction of sp³-hybridized carbons (Fsp3) is 0.591. The molecule has 0 radical (unpaired) electrons. The number of aromatic nitrogens is 1. The largest absolute Gasteiger partial charge is 0.381 e. The van der Waals surface area contributed by atoms with Crippen LogP contribution in [-0.4, -0.2) is 36.2 Å². The van der Waals surface area contributed by atoms with E-state index in [4.69, 9.17) is 4.74 Å². The average molecular weight is 373 g/mol. The minimum atomic E-state index is 0.288. The molecule has 26 heavy (non-hydrogen) atoms. The fourth-order valence-corrected chi connectivity index (χ4v) is 4.93. The molecule has 0 aromatic carbocycles. The van der Waals surface area contributed by atoms with E-state index in [0.29, 0.717) is 0 Å². The lowest BCUT2D eigenvalue weighted by molar-refractivity contribution is 0.0489. The highest BCUT2D eigenvalue weighted by molar-refractivity contribution is 7.08. The maximum absolute atomic E-state index is 5.92. The van der Waals surface area contributed by atoms with Gasteiger partial charge in [-0.25, -0.2) is 0 Å². The van der Waals surface area contributed by atoms with E-state index in [1.807, 2.05) is 11.3 Å². The highest BCUT2D eigenvalue weighted by Gasteiger charge is 2.38. The second-order valence-corrected chi connectivity index (χ2v) is 8.62. The lowest BCUT2D eigenvalue weighted by atomic mass is 9.82. The van der Waals surface area contributed by atoms with Crippen LogP contribution in [0.5, 0.6) is 0 Å². The van der Waals surface area contributed by atoms with E-state index in [2.05, 4.69) is 60.5 Å². The molecule has 0 saturated carbocycles. The van der Waals surface area contributed by atoms with Crippen molar-refractivity contribution in [3.63, 3.8) is 0 Å². The minimum absolute atomic E-state index is 0.288. The molecular formula is C22H32N2OS. The van der Waals surface area contributed by atoms with E-state index in [1.54, 1.807) is 0 Å². The predicted octanol–water partition coefficient (Wildman–Crippen LogP) is 4.93. The summed E-state index contributed by atoms with van der Waals surface area (Å²) in [5.41, 5.74) is 6.87. The van der Waals surface area contributed by atoms with E-state index in [0.717, 1.165) is 38.5 Å². The van der Waals surface area contributed by atoms with E-state index in [1.165, 1.54) is 41.6 Å². The number of hydrogen-bond donors (Lipinski definition) is 0. The van der Waals surface area contributed by atoms with Crippen LogP contribution in [0.2, 0.25) is 0 Å². The molecule has 0 bridgehead atoms. The maximum Gasteiger partial charge on any atom is 0.0535 e. The molecule has 1 saturated heterocycles. The SMILES string of the molecule is CCOC[C@]1(CCc2cscc2C)CCN(Cc2ccc(C)nc2C)C1. The lowest BCUT2D eigenvalue weighted by Crippen LogP contribution is -2.32. The number of pyridine rings is 1. The van der Waals surface area contributed by atoms with Crippen LogP contribution in [0.4, 0.5) is 0 Å². The summed E-state index contributed by atoms with van der Waals surface area (Å²) in [4.78, 5) is 7.23. The Bertz CT molecular complexity index is 727. The summed E-state index contributed by atoms with van der Waals surface area (Å²) in [6.45, 7) is 13.5. The van der Waals surface area contributed by atoms with Crippen molar-refractivity contribution in [1.29, 1.82) is 0 Å². The Balaban J connectivity index is 1.65. The summed E-state index contributed by atoms with van der Waals surface area (Å²) in [7, 11) is 0. The van der Waals surface area contributed by atoms with E-state index < -0.39 is 0 Å². The third kappa shape index (κ3) is 4.73. The lowest BCUT2D eigenvalue weighted by Gasteiger charge is -2.29. The van der Waals surface area contributed by atoms with Crippen LogP contribution in [0.15, 0.2) is 22.9 Å². The minimum Gasteiger partial charge on any atom is -0.381 e. The van der Waals surface area contributed by atoms with Crippen LogP contribution in [0.25, 0.3) is 0 Å². The molecule has 1 fully saturated rings. The summed E-state index contributed by atoms with van der Waals surface area (Å²) in [6.07, 6.45) is 3.61. The first kappa shape index (κ1) is 19.5. The molecular weight excluding hydrogens is 340 g/mol. The van der Waals surface area contributed by atoms with Crippen molar-refractivity contribution < 1.29 is 4.74 Å². The third-order valence-electron chi connectivity index (χ3n) is 5.74. The Morgan fingerprint density at radius 3 is 2.73 bits per heavy atom. The van der Waals surface area contributed by atoms with Gasteiger partial charge in [0, 0.05) is 36.5 Å². The van der Waals surface area contributed by atoms with Gasteiger partial charge in [-0.15, -0.1) is 0 Å². The average Bonchev–Trinajstić information content (AvgIpc) is 3.21. The Labute approximate surface area is 162 Å². The second kappa shape index (κ2) is 8.64. The molecule has 0 amide bonds. The van der Waals surface area contributed by atoms with Crippen molar-refractivity contribution in [2.45, 2.75) is 53.5 Å². The van der Waals surface area contributed by atoms with Gasteiger partial charge in [-0.3, -0.25) is 9.88 Å². The van der Waals surface area contributed by atoms with Gasteiger partial charge < -0.3 is 4.74 Å². The van der Waals surface area contributed by atoms with Crippen molar-refractivity contribution in [3.8, 4) is 0 Å². The van der Waals surface area contributed by atoms with Crippen molar-refractivity contribution in [2.24, 2.45) is 5.41 Å². The smallest absolute Gasteiger partial charge is 0.0535 e. The molecule has 1 aliphatic rings. The topological polar surface area (TPSA) is 25.4 Å². The summed E-state index contributed by atoms with van der Waals surface area (Å²) in [5, 5.41) is 4.58. The van der Waals surface area contributed by atoms with Gasteiger partial charge >= 0.3 is 0 Å². The van der Waals surface area contributed by atoms with Crippen LogP contribution in [-0.2, 0) is 17.7 Å². The van der Waals surface area contributed by atoms with Gasteiger partial charge in [0.05, 0.1) is 6.61 Å². The van der Waals surface area contributed by atoms with Crippen molar-refractivity contribution in [2.75, 3.05) is 26.3 Å². The molecule has 1 atom stereocenters. The summed E-state index contributed by atoms with van der Waals surface area (Å²) < 4.78 is 5.92. The van der Waals surface area contributed by atoms with E-state index in [-0.39, 0.29) is 5.41 Å². The first-order valence-corrected chi connectivity index (χ1v) is 10.7. The normalized spacial score (nSPS) is 20.8. The summed E-state index contributed by atoms with van der Waals surface area (Å²) >= 11 is 1.82. The fourth-order valence-electron chi connectivity index (χ4n) is 4.04. The van der Waals surface area contributed by atoms with Gasteiger partial charge in [0.15, 0.2) is 0 Å². The first-order chi connectivity index (χ1) is 12.5. The van der Waals surface area contributed by atoms with Gasteiger partial charge in [-0.1, -0.05) is 6.07 Å². The number of hydrogen-bond acceptors (Lipinski definition) is 4. The molecule has 0 N–H and O–H groups in total. The highest BCUT2D eigenvalue weighted by Crippen LogP contribution is 2.37. The van der Waals surface area contributed by atoms with Crippen LogP contribution >= 0.6 is 11.3 Å². The number of rotatable bonds is 8. The van der Waals surface area contributed by atoms with Crippen molar-refractivity contribution in [1.82, 2.24) is 9.88 Å². The molecule has 3 rings (SSSR count). The Morgan fingerprint density at radius 2 is 2.04 bits per heavy atom. The second-order valence-electron chi connectivity index (χ2n) is 7.87. The zero-order valence-electron chi connectivity index (χ0n) is 16.7. The zero-order chi connectivity index (χ0) is 18.6. The quantitative estimate of drug-likeness (QED) is 0.657. The molecule has 0 unspecified atom stereocenters. The van der Waals surface area contributed by atoms with Gasteiger partial charge in [0.2, 0.25) is 0 Å². The molecule has 1 aliphatic heterocycles. The maximum atomic E-state index is 5.92. The number of aryl methyl sites for hydroxylation is 4. The number of likely N-dealkylation sites (tertiary alicyclic amines) is 1. The summed E-state index contributed by atoms with van der Waals surface area (Å²) in [5.74, 6) is 0. The highest BCUT2D eigenvalue weighted by atomic mass is 32.1.